The number of nitrogens with zero attached hydrogens (tertiary/aromatic N) is 1. The fraction of sp³-hybridized carbons (Fsp3) is 0.409. The Morgan fingerprint density at radius 2 is 1.89 bits per heavy atom. The molecule has 0 spiro atoms. The third-order valence-corrected chi connectivity index (χ3v) is 5.84. The normalized spacial score (nSPS) is 15.5. The van der Waals surface area contributed by atoms with Gasteiger partial charge >= 0.3 is 0 Å². The molecule has 0 radical (unpaired) electrons. The molecule has 4 rings (SSSR count). The number of benzene rings is 2. The number of amides is 1. The van der Waals surface area contributed by atoms with E-state index in [-0.39, 0.29) is 5.91 Å². The number of anilines is 1. The van der Waals surface area contributed by atoms with Crippen LogP contribution in [0.3, 0.4) is 0 Å². The molecule has 5 nitrogen and oxygen atoms in total. The zero-order valence-electron chi connectivity index (χ0n) is 16.2. The monoisotopic (exact) mass is 367 g/mol. The number of furan rings is 1. The van der Waals surface area contributed by atoms with Crippen molar-refractivity contribution in [2.24, 2.45) is 0 Å². The molecule has 0 bridgehead atoms. The summed E-state index contributed by atoms with van der Waals surface area (Å²) >= 11 is 0. The maximum atomic E-state index is 12.7. The van der Waals surface area contributed by atoms with Crippen molar-refractivity contribution in [1.29, 1.82) is 0 Å². The van der Waals surface area contributed by atoms with Crippen molar-refractivity contribution in [3.8, 4) is 5.75 Å². The average Bonchev–Trinajstić information content (AvgIpc) is 3.28. The van der Waals surface area contributed by atoms with Crippen LogP contribution in [0.2, 0.25) is 0 Å². The van der Waals surface area contributed by atoms with E-state index in [9.17, 15) is 4.79 Å². The van der Waals surface area contributed by atoms with Gasteiger partial charge in [-0.05, 0) is 37.8 Å². The Kier molecular flexibility index (Phi) is 4.56. The molecule has 1 aromatic heterocycles. The van der Waals surface area contributed by atoms with E-state index in [2.05, 4.69) is 19.4 Å². The van der Waals surface area contributed by atoms with Crippen LogP contribution in [0.25, 0.3) is 21.9 Å². The molecule has 1 saturated carbocycles. The maximum absolute atomic E-state index is 12.7. The second kappa shape index (κ2) is 6.89. The van der Waals surface area contributed by atoms with Gasteiger partial charge < -0.3 is 19.0 Å². The number of rotatable bonds is 5. The van der Waals surface area contributed by atoms with Gasteiger partial charge in [0.2, 0.25) is 0 Å². The minimum absolute atomic E-state index is 0.000612. The van der Waals surface area contributed by atoms with E-state index in [1.54, 1.807) is 7.11 Å². The van der Waals surface area contributed by atoms with E-state index in [0.717, 1.165) is 26.4 Å². The van der Waals surface area contributed by atoms with Crippen LogP contribution in [0.5, 0.6) is 5.75 Å². The molecule has 1 fully saturated rings. The first-order chi connectivity index (χ1) is 13.0. The number of carbonyl (C=O) groups excluding carboxylic acids is 1. The lowest BCUT2D eigenvalue weighted by atomic mass is 10.1. The van der Waals surface area contributed by atoms with Gasteiger partial charge in [0.25, 0.3) is 5.91 Å². The number of methoxy groups -OCH3 is 1. The number of quaternary nitrogens is 1. The molecule has 0 saturated heterocycles. The molecule has 1 amide bonds. The Morgan fingerprint density at radius 3 is 2.63 bits per heavy atom. The van der Waals surface area contributed by atoms with Crippen LogP contribution in [-0.2, 0) is 4.79 Å². The highest BCUT2D eigenvalue weighted by molar-refractivity contribution is 6.07. The van der Waals surface area contributed by atoms with Gasteiger partial charge in [-0.25, -0.2) is 0 Å². The van der Waals surface area contributed by atoms with E-state index >= 15 is 0 Å². The van der Waals surface area contributed by atoms with Gasteiger partial charge in [-0.15, -0.1) is 0 Å². The summed E-state index contributed by atoms with van der Waals surface area (Å²) in [5, 5.41) is 5.07. The van der Waals surface area contributed by atoms with Crippen LogP contribution in [0.15, 0.2) is 40.8 Å². The Labute approximate surface area is 159 Å². The lowest BCUT2D eigenvalue weighted by Gasteiger charge is -2.35. The van der Waals surface area contributed by atoms with Gasteiger partial charge in [0.15, 0.2) is 6.54 Å². The summed E-state index contributed by atoms with van der Waals surface area (Å²) in [5.74, 6) is 0.647. The highest BCUT2D eigenvalue weighted by atomic mass is 16.5. The average molecular weight is 367 g/mol. The Morgan fingerprint density at radius 1 is 1.15 bits per heavy atom. The lowest BCUT2D eigenvalue weighted by molar-refractivity contribution is -0.906. The third kappa shape index (κ3) is 3.39. The maximum Gasteiger partial charge on any atom is 0.279 e. The molecule has 5 heteroatoms. The predicted octanol–water partition coefficient (Wildman–Crippen LogP) is 4.55. The standard InChI is InChI=1S/C22H26N2O3/c1-24(2,15-8-4-5-9-15)14-22(25)23-18-13-20-17(12-21(18)26-3)16-10-6-7-11-19(16)27-20/h6-7,10-13,15H,4-5,8-9,14H2,1-3H3/p+1. The number of fused-ring (bicyclic) bond motifs is 3. The second-order valence-electron chi connectivity index (χ2n) is 8.07. The molecule has 1 N–H and O–H groups in total. The molecule has 0 atom stereocenters. The SMILES string of the molecule is COc1cc2c(cc1NC(=O)C[N+](C)(C)C1CCCC1)oc1ccccc12. The van der Waals surface area contributed by atoms with Gasteiger partial charge in [0.05, 0.1) is 32.9 Å². The fourth-order valence-electron chi connectivity index (χ4n) is 4.31. The molecule has 142 valence electrons. The fourth-order valence-corrected chi connectivity index (χ4v) is 4.31. The molecule has 1 aliphatic carbocycles. The highest BCUT2D eigenvalue weighted by Gasteiger charge is 2.33. The van der Waals surface area contributed by atoms with E-state index in [4.69, 9.17) is 9.15 Å². The Balaban J connectivity index is 1.60. The number of carbonyl (C=O) groups is 1. The van der Waals surface area contributed by atoms with Crippen LogP contribution < -0.4 is 10.1 Å². The van der Waals surface area contributed by atoms with Crippen LogP contribution in [0.1, 0.15) is 25.7 Å². The Hall–Kier alpha value is -2.53. The smallest absolute Gasteiger partial charge is 0.279 e. The zero-order valence-corrected chi connectivity index (χ0v) is 16.2. The Bertz CT molecular complexity index is 984. The van der Waals surface area contributed by atoms with E-state index < -0.39 is 0 Å². The number of hydrogen-bond acceptors (Lipinski definition) is 3. The molecule has 1 aliphatic rings. The molecule has 3 aromatic rings. The van der Waals surface area contributed by atoms with Crippen molar-refractivity contribution in [2.75, 3.05) is 33.1 Å². The van der Waals surface area contributed by atoms with Crippen LogP contribution in [0.4, 0.5) is 5.69 Å². The van der Waals surface area contributed by atoms with Crippen molar-refractivity contribution in [2.45, 2.75) is 31.7 Å². The van der Waals surface area contributed by atoms with Crippen molar-refractivity contribution in [1.82, 2.24) is 0 Å². The summed E-state index contributed by atoms with van der Waals surface area (Å²) in [5.41, 5.74) is 2.23. The molecule has 0 aliphatic heterocycles. The molecule has 2 aromatic carbocycles. The summed E-state index contributed by atoms with van der Waals surface area (Å²) in [4.78, 5) is 12.7. The first kappa shape index (κ1) is 17.9. The van der Waals surface area contributed by atoms with Crippen molar-refractivity contribution in [3.05, 3.63) is 36.4 Å². The summed E-state index contributed by atoms with van der Waals surface area (Å²) in [6.07, 6.45) is 4.94. The van der Waals surface area contributed by atoms with Gasteiger partial charge in [-0.2, -0.15) is 0 Å². The first-order valence-corrected chi connectivity index (χ1v) is 9.60. The quantitative estimate of drug-likeness (QED) is 0.673. The van der Waals surface area contributed by atoms with E-state index in [0.29, 0.717) is 24.0 Å². The van der Waals surface area contributed by atoms with Crippen molar-refractivity contribution in [3.63, 3.8) is 0 Å². The third-order valence-electron chi connectivity index (χ3n) is 5.84. The minimum atomic E-state index is 0.000612. The predicted molar refractivity (Wildman–Crippen MR) is 108 cm³/mol. The van der Waals surface area contributed by atoms with Gasteiger partial charge in [-0.3, -0.25) is 4.79 Å². The first-order valence-electron chi connectivity index (χ1n) is 9.60. The van der Waals surface area contributed by atoms with Gasteiger partial charge in [-0.1, -0.05) is 18.2 Å². The van der Waals surface area contributed by atoms with Crippen molar-refractivity contribution >= 4 is 33.5 Å². The second-order valence-corrected chi connectivity index (χ2v) is 8.07. The van der Waals surface area contributed by atoms with Crippen LogP contribution >= 0.6 is 0 Å². The van der Waals surface area contributed by atoms with Crippen molar-refractivity contribution < 1.29 is 18.4 Å². The molecule has 27 heavy (non-hydrogen) atoms. The van der Waals surface area contributed by atoms with Crippen LogP contribution in [-0.4, -0.2) is 44.2 Å². The van der Waals surface area contributed by atoms with Gasteiger partial charge in [0.1, 0.15) is 16.9 Å². The van der Waals surface area contributed by atoms with Gasteiger partial charge in [0, 0.05) is 16.8 Å². The number of nitrogens with one attached hydrogen (secondary N) is 1. The van der Waals surface area contributed by atoms with E-state index in [1.807, 2.05) is 36.4 Å². The lowest BCUT2D eigenvalue weighted by Crippen LogP contribution is -2.51. The number of ether oxygens (including phenoxy) is 1. The number of likely N-dealkylation sites (N-methyl/N-ethyl adjacent to an activating group) is 1. The summed E-state index contributed by atoms with van der Waals surface area (Å²) in [7, 11) is 5.92. The molecule has 0 unspecified atom stereocenters. The molecular weight excluding hydrogens is 340 g/mol. The van der Waals surface area contributed by atoms with Crippen LogP contribution in [0, 0.1) is 0 Å². The minimum Gasteiger partial charge on any atom is -0.495 e. The summed E-state index contributed by atoms with van der Waals surface area (Å²) < 4.78 is 12.2. The topological polar surface area (TPSA) is 51.5 Å². The summed E-state index contributed by atoms with van der Waals surface area (Å²) in [6, 6.07) is 12.3. The molecule has 1 heterocycles. The number of para-hydroxylation sites is 1. The summed E-state index contributed by atoms with van der Waals surface area (Å²) in [6.45, 7) is 0.450. The molecular formula is C22H27N2O3+. The zero-order chi connectivity index (χ0) is 19.0. The number of hydrogen-bond donors (Lipinski definition) is 1. The largest absolute Gasteiger partial charge is 0.495 e. The van der Waals surface area contributed by atoms with E-state index in [1.165, 1.54) is 25.7 Å². The highest BCUT2D eigenvalue weighted by Crippen LogP contribution is 2.36.